The molecule has 8 nitrogen and oxygen atoms in total. The molecule has 0 aliphatic heterocycles. The molecule has 0 aromatic rings. The molecule has 0 aromatic carbocycles. The lowest BCUT2D eigenvalue weighted by atomic mass is 10.3. The molecule has 0 aromatic heterocycles. The average Bonchev–Trinajstić information content (AvgIpc) is 2.48. The van der Waals surface area contributed by atoms with E-state index < -0.39 is 12.2 Å². The van der Waals surface area contributed by atoms with Crippen LogP contribution in [0.5, 0.6) is 0 Å². The Balaban J connectivity index is 4.33. The highest BCUT2D eigenvalue weighted by Gasteiger charge is 2.19. The van der Waals surface area contributed by atoms with Crippen LogP contribution in [0.4, 0.5) is 9.59 Å². The van der Waals surface area contributed by atoms with Gasteiger partial charge in [0.25, 0.3) is 0 Å². The molecule has 0 saturated heterocycles. The number of amides is 2. The van der Waals surface area contributed by atoms with Crippen molar-refractivity contribution in [1.29, 1.82) is 0 Å². The van der Waals surface area contributed by atoms with Crippen LogP contribution in [-0.4, -0.2) is 51.9 Å². The summed E-state index contributed by atoms with van der Waals surface area (Å²) in [5.74, 6) is 0. The van der Waals surface area contributed by atoms with E-state index >= 15 is 0 Å². The van der Waals surface area contributed by atoms with Crippen molar-refractivity contribution >= 4 is 46.8 Å². The van der Waals surface area contributed by atoms with Gasteiger partial charge in [0, 0.05) is 14.1 Å². The van der Waals surface area contributed by atoms with Gasteiger partial charge in [-0.2, -0.15) is 0 Å². The molecule has 10 heteroatoms. The van der Waals surface area contributed by atoms with Gasteiger partial charge in [-0.25, -0.2) is 18.2 Å². The molecule has 0 atom stereocenters. The Morgan fingerprint density at radius 3 is 1.95 bits per heavy atom. The quantitative estimate of drug-likeness (QED) is 0.252. The van der Waals surface area contributed by atoms with Crippen molar-refractivity contribution in [2.45, 2.75) is 27.2 Å². The lowest BCUT2D eigenvalue weighted by Crippen LogP contribution is -2.28. The summed E-state index contributed by atoms with van der Waals surface area (Å²) < 4.78 is 2.22. The number of oxime groups is 2. The molecule has 120 valence electrons. The third-order valence-corrected chi connectivity index (χ3v) is 3.55. The van der Waals surface area contributed by atoms with Gasteiger partial charge in [-0.05, 0) is 26.5 Å². The van der Waals surface area contributed by atoms with Crippen molar-refractivity contribution in [3.63, 3.8) is 0 Å². The number of hydrogen-bond donors (Lipinski definition) is 0. The Kier molecular flexibility index (Phi) is 9.63. The second-order valence-electron chi connectivity index (χ2n) is 3.79. The average molecular weight is 336 g/mol. The second-order valence-corrected chi connectivity index (χ2v) is 6.04. The van der Waals surface area contributed by atoms with Gasteiger partial charge in [-0.3, -0.25) is 9.68 Å². The Bertz CT molecular complexity index is 390. The number of hydrogen-bond acceptors (Lipinski definition) is 8. The molecule has 0 bridgehead atoms. The highest BCUT2D eigenvalue weighted by molar-refractivity contribution is 8.13. The van der Waals surface area contributed by atoms with E-state index in [9.17, 15) is 9.59 Å². The predicted molar refractivity (Wildman–Crippen MR) is 86.1 cm³/mol. The molecule has 0 rings (SSSR count). The first kappa shape index (κ1) is 19.6. The SMILES string of the molecule is CCC(C)=NOC(=O)N(C)SN(C)C(=O)ON=C(C)SC. The van der Waals surface area contributed by atoms with E-state index in [2.05, 4.69) is 15.1 Å². The second kappa shape index (κ2) is 10.3. The summed E-state index contributed by atoms with van der Waals surface area (Å²) in [5.41, 5.74) is 0.691. The van der Waals surface area contributed by atoms with Crippen molar-refractivity contribution < 1.29 is 19.3 Å². The van der Waals surface area contributed by atoms with Crippen LogP contribution in [0.3, 0.4) is 0 Å². The Hall–Kier alpha value is -1.42. The molecule has 0 N–H and O–H groups in total. The summed E-state index contributed by atoms with van der Waals surface area (Å²) >= 11 is 2.16. The molecular weight excluding hydrogens is 316 g/mol. The van der Waals surface area contributed by atoms with Crippen LogP contribution in [0.1, 0.15) is 27.2 Å². The van der Waals surface area contributed by atoms with Crippen LogP contribution >= 0.6 is 23.9 Å². The number of nitrogens with zero attached hydrogens (tertiary/aromatic N) is 4. The third-order valence-electron chi connectivity index (χ3n) is 2.10. The molecule has 0 aliphatic rings. The molecule has 0 radical (unpaired) electrons. The lowest BCUT2D eigenvalue weighted by Gasteiger charge is -2.19. The summed E-state index contributed by atoms with van der Waals surface area (Å²) in [6.45, 7) is 5.35. The molecule has 0 heterocycles. The Labute approximate surface area is 133 Å². The minimum Gasteiger partial charge on any atom is -0.297 e. The molecule has 0 fully saturated rings. The fraction of sp³-hybridized carbons (Fsp3) is 0.636. The zero-order valence-corrected chi connectivity index (χ0v) is 14.6. The van der Waals surface area contributed by atoms with Crippen molar-refractivity contribution in [3.8, 4) is 0 Å². The smallest absolute Gasteiger partial charge is 0.297 e. The van der Waals surface area contributed by atoms with Gasteiger partial charge in [0.15, 0.2) is 0 Å². The standard InChI is InChI=1S/C11H20N4O4S2/c1-7-8(2)12-18-10(16)14(4)21-15(5)11(17)19-13-9(3)20-6/h7H2,1-6H3. The minimum absolute atomic E-state index is 0.610. The maximum absolute atomic E-state index is 11.6. The molecular formula is C11H20N4O4S2. The first-order valence-electron chi connectivity index (χ1n) is 6.01. The summed E-state index contributed by atoms with van der Waals surface area (Å²) in [5, 5.41) is 7.85. The van der Waals surface area contributed by atoms with Crippen molar-refractivity contribution in [2.24, 2.45) is 10.3 Å². The third kappa shape index (κ3) is 8.45. The van der Waals surface area contributed by atoms with E-state index in [-0.39, 0.29) is 0 Å². The summed E-state index contributed by atoms with van der Waals surface area (Å²) in [6.07, 6.45) is 1.09. The van der Waals surface area contributed by atoms with Crippen LogP contribution in [0.2, 0.25) is 0 Å². The number of carbonyl (C=O) groups is 2. The summed E-state index contributed by atoms with van der Waals surface area (Å²) in [4.78, 5) is 32.6. The van der Waals surface area contributed by atoms with Crippen molar-refractivity contribution in [2.75, 3.05) is 20.4 Å². The van der Waals surface area contributed by atoms with Gasteiger partial charge in [0.2, 0.25) is 0 Å². The fourth-order valence-electron chi connectivity index (χ4n) is 0.687. The van der Waals surface area contributed by atoms with Crippen LogP contribution in [0, 0.1) is 0 Å². The Morgan fingerprint density at radius 2 is 1.52 bits per heavy atom. The van der Waals surface area contributed by atoms with E-state index in [0.717, 1.165) is 20.7 Å². The monoisotopic (exact) mass is 336 g/mol. The van der Waals surface area contributed by atoms with Gasteiger partial charge < -0.3 is 0 Å². The maximum atomic E-state index is 11.6. The van der Waals surface area contributed by atoms with Gasteiger partial charge in [0.05, 0.1) is 17.8 Å². The predicted octanol–water partition coefficient (Wildman–Crippen LogP) is 3.17. The van der Waals surface area contributed by atoms with Crippen LogP contribution in [-0.2, 0) is 9.68 Å². The minimum atomic E-state index is -0.707. The molecule has 21 heavy (non-hydrogen) atoms. The first-order valence-corrected chi connectivity index (χ1v) is 7.96. The molecule has 0 unspecified atom stereocenters. The zero-order valence-electron chi connectivity index (χ0n) is 12.9. The number of thioether (sulfide) groups is 1. The molecule has 2 amide bonds. The van der Waals surface area contributed by atoms with E-state index in [4.69, 9.17) is 4.84 Å². The van der Waals surface area contributed by atoms with Crippen LogP contribution in [0.25, 0.3) is 0 Å². The molecule has 0 spiro atoms. The van der Waals surface area contributed by atoms with Gasteiger partial charge in [0.1, 0.15) is 5.04 Å². The van der Waals surface area contributed by atoms with Gasteiger partial charge in [-0.15, -0.1) is 11.8 Å². The normalized spacial score (nSPS) is 11.9. The maximum Gasteiger partial charge on any atom is 0.447 e. The summed E-state index contributed by atoms with van der Waals surface area (Å²) in [7, 11) is 2.89. The Morgan fingerprint density at radius 1 is 1.05 bits per heavy atom. The highest BCUT2D eigenvalue weighted by Crippen LogP contribution is 2.15. The van der Waals surface area contributed by atoms with Crippen LogP contribution in [0.15, 0.2) is 10.3 Å². The van der Waals surface area contributed by atoms with E-state index in [1.165, 1.54) is 25.9 Å². The number of carbonyl (C=O) groups excluding carboxylic acids is 2. The van der Waals surface area contributed by atoms with Gasteiger partial charge in [-0.1, -0.05) is 17.2 Å². The summed E-state index contributed by atoms with van der Waals surface area (Å²) in [6, 6.07) is 0. The topological polar surface area (TPSA) is 83.8 Å². The van der Waals surface area contributed by atoms with E-state index in [0.29, 0.717) is 17.2 Å². The zero-order chi connectivity index (χ0) is 16.4. The van der Waals surface area contributed by atoms with E-state index in [1.807, 2.05) is 13.2 Å². The number of rotatable bonds is 5. The first-order chi connectivity index (χ1) is 9.81. The molecule has 0 saturated carbocycles. The molecule has 0 aliphatic carbocycles. The van der Waals surface area contributed by atoms with Crippen LogP contribution < -0.4 is 0 Å². The van der Waals surface area contributed by atoms with Gasteiger partial charge >= 0.3 is 12.2 Å². The highest BCUT2D eigenvalue weighted by atomic mass is 32.2. The lowest BCUT2D eigenvalue weighted by molar-refractivity contribution is 0.131. The fourth-order valence-corrected chi connectivity index (χ4v) is 1.37. The largest absolute Gasteiger partial charge is 0.447 e. The van der Waals surface area contributed by atoms with E-state index in [1.54, 1.807) is 13.8 Å². The van der Waals surface area contributed by atoms with Crippen molar-refractivity contribution in [3.05, 3.63) is 0 Å². The van der Waals surface area contributed by atoms with Crippen molar-refractivity contribution in [1.82, 2.24) is 8.61 Å².